The maximum atomic E-state index is 2.31. The van der Waals surface area contributed by atoms with Crippen molar-refractivity contribution < 1.29 is 0 Å². The Morgan fingerprint density at radius 2 is 0.565 bits per heavy atom. The van der Waals surface area contributed by atoms with Crippen LogP contribution in [0.5, 0.6) is 0 Å². The Labute approximate surface area is 286 Å². The predicted octanol–water partition coefficient (Wildman–Crippen LogP) is 14.9. The lowest BCUT2D eigenvalue weighted by molar-refractivity contribution is 0.790. The molecule has 0 atom stereocenters. The van der Waals surface area contributed by atoms with E-state index in [1.807, 2.05) is 0 Å². The van der Waals surface area contributed by atoms with Gasteiger partial charge in [-0.05, 0) is 87.3 Å². The van der Waals surface area contributed by atoms with Crippen LogP contribution in [0.25, 0.3) is 0 Å². The highest BCUT2D eigenvalue weighted by atomic mass is 14.1. The van der Waals surface area contributed by atoms with Crippen molar-refractivity contribution in [1.29, 1.82) is 0 Å². The van der Waals surface area contributed by atoms with Crippen LogP contribution >= 0.6 is 0 Å². The monoisotopic (exact) mass is 621 g/mol. The van der Waals surface area contributed by atoms with Gasteiger partial charge in [0.15, 0.2) is 0 Å². The van der Waals surface area contributed by atoms with Gasteiger partial charge in [-0.2, -0.15) is 0 Å². The first-order chi connectivity index (χ1) is 21.5. The number of benzene rings is 4. The van der Waals surface area contributed by atoms with Crippen LogP contribution in [-0.4, -0.2) is 0 Å². The minimum atomic E-state index is 0.642. The van der Waals surface area contributed by atoms with Gasteiger partial charge in [-0.3, -0.25) is 0 Å². The molecule has 0 nitrogen and oxygen atoms in total. The minimum Gasteiger partial charge on any atom is -0.0620 e. The number of hydrogen-bond acceptors (Lipinski definition) is 0. The Bertz CT molecular complexity index is 1270. The summed E-state index contributed by atoms with van der Waals surface area (Å²) in [6.07, 6.45) is 0. The summed E-state index contributed by atoms with van der Waals surface area (Å²) in [5.41, 5.74) is 11.5. The Hall–Kier alpha value is -3.12. The van der Waals surface area contributed by atoms with Crippen LogP contribution in [0.3, 0.4) is 0 Å². The van der Waals surface area contributed by atoms with Crippen molar-refractivity contribution in [3.63, 3.8) is 0 Å². The van der Waals surface area contributed by atoms with Gasteiger partial charge < -0.3 is 0 Å². The average molecular weight is 621 g/mol. The standard InChI is InChI=1S/3C12H18.C10H14/c1-9(2)11-5-7-12(8-6-11)10(3)4;1-9(2)11-6-5-7-12(8-11)10(3)4;1-9(2)11-7-5-6-8-12(11)10(3)4;1-8(2)10-6-4-9(3)5-7-10/h3*5-10H,1-4H3;4-8H,1-3H3. The molecule has 0 heterocycles. The maximum absolute atomic E-state index is 2.31. The lowest BCUT2D eigenvalue weighted by atomic mass is 9.91. The van der Waals surface area contributed by atoms with Crippen molar-refractivity contribution in [1.82, 2.24) is 0 Å². The lowest BCUT2D eigenvalue weighted by Gasteiger charge is -2.14. The summed E-state index contributed by atoms with van der Waals surface area (Å²) in [7, 11) is 0. The molecule has 0 bridgehead atoms. The summed E-state index contributed by atoms with van der Waals surface area (Å²) >= 11 is 0. The van der Waals surface area contributed by atoms with E-state index in [9.17, 15) is 0 Å². The van der Waals surface area contributed by atoms with E-state index in [4.69, 9.17) is 0 Å². The summed E-state index contributed by atoms with van der Waals surface area (Å²) in [5.74, 6) is 4.51. The highest BCUT2D eigenvalue weighted by Gasteiger charge is 2.08. The number of rotatable bonds is 7. The van der Waals surface area contributed by atoms with Crippen LogP contribution < -0.4 is 0 Å². The van der Waals surface area contributed by atoms with Gasteiger partial charge in [-0.25, -0.2) is 0 Å². The Kier molecular flexibility index (Phi) is 18.6. The van der Waals surface area contributed by atoms with Gasteiger partial charge in [0.1, 0.15) is 0 Å². The molecule has 0 spiro atoms. The van der Waals surface area contributed by atoms with Gasteiger partial charge in [0.05, 0.1) is 0 Å². The molecule has 4 aromatic rings. The van der Waals surface area contributed by atoms with E-state index in [1.54, 1.807) is 0 Å². The minimum absolute atomic E-state index is 0.642. The van der Waals surface area contributed by atoms with Crippen molar-refractivity contribution in [3.8, 4) is 0 Å². The third kappa shape index (κ3) is 15.0. The van der Waals surface area contributed by atoms with Crippen molar-refractivity contribution in [3.05, 3.63) is 142 Å². The van der Waals surface area contributed by atoms with Crippen molar-refractivity contribution in [2.75, 3.05) is 0 Å². The van der Waals surface area contributed by atoms with E-state index in [-0.39, 0.29) is 0 Å². The molecule has 0 amide bonds. The van der Waals surface area contributed by atoms with Gasteiger partial charge >= 0.3 is 0 Å². The van der Waals surface area contributed by atoms with E-state index in [1.165, 1.54) is 44.5 Å². The summed E-state index contributed by atoms with van der Waals surface area (Å²) in [4.78, 5) is 0. The zero-order chi connectivity index (χ0) is 35.0. The molecule has 4 rings (SSSR count). The Morgan fingerprint density at radius 3 is 0.826 bits per heavy atom. The number of aryl methyl sites for hydroxylation is 1. The quantitative estimate of drug-likeness (QED) is 0.193. The van der Waals surface area contributed by atoms with Crippen LogP contribution in [-0.2, 0) is 0 Å². The molecule has 0 saturated heterocycles. The molecule has 0 unspecified atom stereocenters. The molecule has 0 aliphatic heterocycles. The van der Waals surface area contributed by atoms with Crippen molar-refractivity contribution in [2.24, 2.45) is 0 Å². The second kappa shape index (κ2) is 20.9. The predicted molar refractivity (Wildman–Crippen MR) is 209 cm³/mol. The summed E-state index contributed by atoms with van der Waals surface area (Å²) in [6.45, 7) is 33.4. The molecule has 46 heavy (non-hydrogen) atoms. The van der Waals surface area contributed by atoms with Crippen LogP contribution in [0.15, 0.2) is 97.1 Å². The molecule has 4 aromatic carbocycles. The van der Waals surface area contributed by atoms with E-state index in [2.05, 4.69) is 201 Å². The van der Waals surface area contributed by atoms with Crippen molar-refractivity contribution in [2.45, 2.75) is 145 Å². The molecular formula is C46H68. The number of hydrogen-bond donors (Lipinski definition) is 0. The van der Waals surface area contributed by atoms with Gasteiger partial charge in [-0.15, -0.1) is 0 Å². The molecule has 0 N–H and O–H groups in total. The Balaban J connectivity index is 0.000000307. The third-order valence-corrected chi connectivity index (χ3v) is 8.50. The van der Waals surface area contributed by atoms with Gasteiger partial charge in [0.25, 0.3) is 0 Å². The topological polar surface area (TPSA) is 0 Å². The summed E-state index contributed by atoms with van der Waals surface area (Å²) in [6, 6.07) is 35.3. The molecule has 0 aromatic heterocycles. The molecule has 0 heteroatoms. The molecular weight excluding hydrogens is 553 g/mol. The fourth-order valence-corrected chi connectivity index (χ4v) is 5.06. The van der Waals surface area contributed by atoms with Gasteiger partial charge in [0.2, 0.25) is 0 Å². The molecule has 252 valence electrons. The highest BCUT2D eigenvalue weighted by Crippen LogP contribution is 2.25. The molecule has 0 aliphatic rings. The summed E-state index contributed by atoms with van der Waals surface area (Å²) < 4.78 is 0. The molecule has 0 fully saturated rings. The van der Waals surface area contributed by atoms with Crippen LogP contribution in [0.4, 0.5) is 0 Å². The fourth-order valence-electron chi connectivity index (χ4n) is 5.06. The largest absolute Gasteiger partial charge is 0.0620 e. The SMILES string of the molecule is CC(C)c1ccc(C(C)C)cc1.CC(C)c1cccc(C(C)C)c1.CC(C)c1ccccc1C(C)C.Cc1ccc(C(C)C)cc1. The smallest absolute Gasteiger partial charge is 0.0216 e. The highest BCUT2D eigenvalue weighted by molar-refractivity contribution is 5.32. The first-order valence-electron chi connectivity index (χ1n) is 17.9. The molecule has 0 aliphatic carbocycles. The first-order valence-corrected chi connectivity index (χ1v) is 17.9. The zero-order valence-corrected chi connectivity index (χ0v) is 32.3. The van der Waals surface area contributed by atoms with Crippen LogP contribution in [0.1, 0.15) is 183 Å². The van der Waals surface area contributed by atoms with E-state index in [0.29, 0.717) is 41.4 Å². The molecule has 0 radical (unpaired) electrons. The van der Waals surface area contributed by atoms with Crippen LogP contribution in [0, 0.1) is 6.92 Å². The van der Waals surface area contributed by atoms with Gasteiger partial charge in [-0.1, -0.05) is 200 Å². The van der Waals surface area contributed by atoms with Gasteiger partial charge in [0, 0.05) is 0 Å². The van der Waals surface area contributed by atoms with E-state index < -0.39 is 0 Å². The first kappa shape index (κ1) is 40.9. The lowest BCUT2D eigenvalue weighted by Crippen LogP contribution is -1.97. The molecule has 0 saturated carbocycles. The van der Waals surface area contributed by atoms with Crippen LogP contribution in [0.2, 0.25) is 0 Å². The average Bonchev–Trinajstić information content (AvgIpc) is 3.02. The second-order valence-electron chi connectivity index (χ2n) is 15.0. The summed E-state index contributed by atoms with van der Waals surface area (Å²) in [5, 5.41) is 0. The van der Waals surface area contributed by atoms with Crippen molar-refractivity contribution >= 4 is 0 Å². The normalized spacial score (nSPS) is 11.0. The van der Waals surface area contributed by atoms with E-state index >= 15 is 0 Å². The zero-order valence-electron chi connectivity index (χ0n) is 32.3. The van der Waals surface area contributed by atoms with E-state index in [0.717, 1.165) is 0 Å². The third-order valence-electron chi connectivity index (χ3n) is 8.50. The Morgan fingerprint density at radius 1 is 0.283 bits per heavy atom. The fraction of sp³-hybridized carbons (Fsp3) is 0.478. The maximum Gasteiger partial charge on any atom is -0.0216 e. The second-order valence-corrected chi connectivity index (χ2v) is 15.0.